The van der Waals surface area contributed by atoms with E-state index in [9.17, 15) is 0 Å². The molecule has 0 aliphatic rings. The van der Waals surface area contributed by atoms with E-state index in [-0.39, 0.29) is 10.8 Å². The molecule has 0 saturated heterocycles. The lowest BCUT2D eigenvalue weighted by atomic mass is 9.89. The molecule has 1 nitrogen and oxygen atoms in total. The molecule has 1 heterocycles. The number of aromatic nitrogens is 1. The van der Waals surface area contributed by atoms with Gasteiger partial charge in [-0.05, 0) is 24.0 Å². The molecule has 0 aliphatic heterocycles. The highest BCUT2D eigenvalue weighted by molar-refractivity contribution is 6.20. The number of hydrogen-bond acceptors (Lipinski definition) is 1. The molecule has 0 fully saturated rings. The Kier molecular flexibility index (Phi) is 3.91. The summed E-state index contributed by atoms with van der Waals surface area (Å²) >= 11 is 6.41. The fourth-order valence-electron chi connectivity index (χ4n) is 2.19. The van der Waals surface area contributed by atoms with E-state index in [1.54, 1.807) is 0 Å². The van der Waals surface area contributed by atoms with E-state index in [0.717, 1.165) is 24.1 Å². The maximum absolute atomic E-state index is 6.41. The van der Waals surface area contributed by atoms with E-state index < -0.39 is 0 Å². The zero-order valence-electron chi connectivity index (χ0n) is 11.3. The second-order valence-corrected chi connectivity index (χ2v) is 6.68. The minimum Gasteiger partial charge on any atom is -0.253 e. The smallest absolute Gasteiger partial charge is 0.0705 e. The van der Waals surface area contributed by atoms with Crippen molar-refractivity contribution in [2.45, 2.75) is 39.0 Å². The van der Waals surface area contributed by atoms with Crippen LogP contribution in [0.1, 0.15) is 32.9 Å². The molecule has 0 amide bonds. The summed E-state index contributed by atoms with van der Waals surface area (Å²) in [6.45, 7) is 6.66. The molecule has 0 bridgehead atoms. The van der Waals surface area contributed by atoms with Crippen molar-refractivity contribution in [2.24, 2.45) is 5.41 Å². The SMILES string of the molecule is CC(C)(C)CC(Cl)Cc1ccc2ccccc2n1. The molecule has 1 unspecified atom stereocenters. The predicted molar refractivity (Wildman–Crippen MR) is 79.2 cm³/mol. The number of halogens is 1. The van der Waals surface area contributed by atoms with Gasteiger partial charge in [-0.25, -0.2) is 0 Å². The van der Waals surface area contributed by atoms with Crippen LogP contribution >= 0.6 is 11.6 Å². The number of benzene rings is 1. The molecule has 0 saturated carbocycles. The Morgan fingerprint density at radius 2 is 1.83 bits per heavy atom. The van der Waals surface area contributed by atoms with Crippen LogP contribution in [0.3, 0.4) is 0 Å². The van der Waals surface area contributed by atoms with Crippen LogP contribution in [0.25, 0.3) is 10.9 Å². The molecule has 0 radical (unpaired) electrons. The fourth-order valence-corrected chi connectivity index (χ4v) is 2.81. The van der Waals surface area contributed by atoms with Gasteiger partial charge in [-0.1, -0.05) is 45.0 Å². The van der Waals surface area contributed by atoms with Crippen LogP contribution in [0.15, 0.2) is 36.4 Å². The van der Waals surface area contributed by atoms with Crippen molar-refractivity contribution in [2.75, 3.05) is 0 Å². The number of alkyl halides is 1. The maximum Gasteiger partial charge on any atom is 0.0705 e. The van der Waals surface area contributed by atoms with E-state index in [2.05, 4.69) is 44.0 Å². The molecule has 0 N–H and O–H groups in total. The first-order valence-electron chi connectivity index (χ1n) is 6.43. The van der Waals surface area contributed by atoms with Gasteiger partial charge in [0, 0.05) is 22.9 Å². The summed E-state index contributed by atoms with van der Waals surface area (Å²) in [7, 11) is 0. The molecule has 1 atom stereocenters. The first-order valence-corrected chi connectivity index (χ1v) is 6.86. The van der Waals surface area contributed by atoms with Crippen molar-refractivity contribution in [3.05, 3.63) is 42.1 Å². The normalized spacial score (nSPS) is 13.8. The Bertz CT molecular complexity index is 528. The first-order chi connectivity index (χ1) is 8.44. The molecule has 0 spiro atoms. The van der Waals surface area contributed by atoms with Crippen molar-refractivity contribution in [1.29, 1.82) is 0 Å². The first kappa shape index (κ1) is 13.4. The van der Waals surface area contributed by atoms with Gasteiger partial charge in [0.05, 0.1) is 5.52 Å². The molecule has 2 aromatic rings. The number of rotatable bonds is 3. The van der Waals surface area contributed by atoms with E-state index >= 15 is 0 Å². The van der Waals surface area contributed by atoms with Crippen LogP contribution in [-0.4, -0.2) is 10.4 Å². The lowest BCUT2D eigenvalue weighted by Crippen LogP contribution is -2.15. The third-order valence-electron chi connectivity index (χ3n) is 2.92. The Morgan fingerprint density at radius 1 is 1.11 bits per heavy atom. The van der Waals surface area contributed by atoms with Gasteiger partial charge in [-0.2, -0.15) is 0 Å². The average molecular weight is 262 g/mol. The topological polar surface area (TPSA) is 12.9 Å². The van der Waals surface area contributed by atoms with Gasteiger partial charge in [0.1, 0.15) is 0 Å². The number of hydrogen-bond donors (Lipinski definition) is 0. The number of para-hydroxylation sites is 1. The van der Waals surface area contributed by atoms with Gasteiger partial charge in [0.25, 0.3) is 0 Å². The summed E-state index contributed by atoms with van der Waals surface area (Å²) < 4.78 is 0. The lowest BCUT2D eigenvalue weighted by Gasteiger charge is -2.21. The van der Waals surface area contributed by atoms with Gasteiger partial charge in [0.15, 0.2) is 0 Å². The zero-order chi connectivity index (χ0) is 13.2. The summed E-state index contributed by atoms with van der Waals surface area (Å²) in [6, 6.07) is 12.4. The van der Waals surface area contributed by atoms with Gasteiger partial charge in [-0.15, -0.1) is 11.6 Å². The predicted octanol–water partition coefficient (Wildman–Crippen LogP) is 4.82. The summed E-state index contributed by atoms with van der Waals surface area (Å²) in [5.74, 6) is 0. The van der Waals surface area contributed by atoms with Crippen molar-refractivity contribution in [3.8, 4) is 0 Å². The highest BCUT2D eigenvalue weighted by atomic mass is 35.5. The average Bonchev–Trinajstić information content (AvgIpc) is 2.26. The van der Waals surface area contributed by atoms with Crippen LogP contribution in [-0.2, 0) is 6.42 Å². The second-order valence-electron chi connectivity index (χ2n) is 6.06. The van der Waals surface area contributed by atoms with E-state index in [1.807, 2.05) is 18.2 Å². The largest absolute Gasteiger partial charge is 0.253 e. The van der Waals surface area contributed by atoms with E-state index in [4.69, 9.17) is 11.6 Å². The van der Waals surface area contributed by atoms with Crippen LogP contribution in [0.2, 0.25) is 0 Å². The highest BCUT2D eigenvalue weighted by Crippen LogP contribution is 2.25. The molecule has 96 valence electrons. The van der Waals surface area contributed by atoms with Gasteiger partial charge in [0.2, 0.25) is 0 Å². The highest BCUT2D eigenvalue weighted by Gasteiger charge is 2.17. The summed E-state index contributed by atoms with van der Waals surface area (Å²) in [4.78, 5) is 4.66. The Morgan fingerprint density at radius 3 is 2.56 bits per heavy atom. The quantitative estimate of drug-likeness (QED) is 0.722. The molecule has 1 aromatic carbocycles. The summed E-state index contributed by atoms with van der Waals surface area (Å²) in [5, 5.41) is 1.34. The minimum absolute atomic E-state index is 0.152. The molecular weight excluding hydrogens is 242 g/mol. The second kappa shape index (κ2) is 5.27. The Hall–Kier alpha value is -1.08. The third kappa shape index (κ3) is 3.71. The number of fused-ring (bicyclic) bond motifs is 1. The van der Waals surface area contributed by atoms with Crippen molar-refractivity contribution in [1.82, 2.24) is 4.98 Å². The third-order valence-corrected chi connectivity index (χ3v) is 3.23. The monoisotopic (exact) mass is 261 g/mol. The molecule has 0 aliphatic carbocycles. The van der Waals surface area contributed by atoms with E-state index in [1.165, 1.54) is 5.39 Å². The maximum atomic E-state index is 6.41. The van der Waals surface area contributed by atoms with Crippen LogP contribution in [0, 0.1) is 5.41 Å². The fraction of sp³-hybridized carbons (Fsp3) is 0.438. The van der Waals surface area contributed by atoms with Gasteiger partial charge >= 0.3 is 0 Å². The number of pyridine rings is 1. The Balaban J connectivity index is 2.12. The molecular formula is C16H20ClN. The van der Waals surface area contributed by atoms with Crippen molar-refractivity contribution in [3.63, 3.8) is 0 Å². The standard InChI is InChI=1S/C16H20ClN/c1-16(2,3)11-13(17)10-14-9-8-12-6-4-5-7-15(12)18-14/h4-9,13H,10-11H2,1-3H3. The molecule has 2 heteroatoms. The van der Waals surface area contributed by atoms with E-state index in [0.29, 0.717) is 0 Å². The molecule has 18 heavy (non-hydrogen) atoms. The Labute approximate surface area is 114 Å². The molecule has 2 rings (SSSR count). The summed E-state index contributed by atoms with van der Waals surface area (Å²) in [6.07, 6.45) is 1.84. The van der Waals surface area contributed by atoms with Crippen molar-refractivity contribution >= 4 is 22.5 Å². The van der Waals surface area contributed by atoms with Crippen LogP contribution in [0.4, 0.5) is 0 Å². The molecule has 1 aromatic heterocycles. The minimum atomic E-state index is 0.152. The van der Waals surface area contributed by atoms with Crippen LogP contribution < -0.4 is 0 Å². The van der Waals surface area contributed by atoms with Gasteiger partial charge in [-0.3, -0.25) is 4.98 Å². The van der Waals surface area contributed by atoms with Gasteiger partial charge < -0.3 is 0 Å². The van der Waals surface area contributed by atoms with Crippen molar-refractivity contribution < 1.29 is 0 Å². The number of nitrogens with zero attached hydrogens (tertiary/aromatic N) is 1. The van der Waals surface area contributed by atoms with Crippen LogP contribution in [0.5, 0.6) is 0 Å². The summed E-state index contributed by atoms with van der Waals surface area (Å²) in [5.41, 5.74) is 2.40. The lowest BCUT2D eigenvalue weighted by molar-refractivity contribution is 0.368. The zero-order valence-corrected chi connectivity index (χ0v) is 12.0.